The molecular formula is C11H21N2O2+. The molecule has 0 aromatic carbocycles. The Bertz CT molecular complexity index is 281. The Kier molecular flexibility index (Phi) is 2.14. The normalized spacial score (nSPS) is 26.7. The molecule has 0 atom stereocenters. The molecule has 2 aliphatic heterocycles. The number of amides is 1. The summed E-state index contributed by atoms with van der Waals surface area (Å²) in [5, 5.41) is 3.27. The van der Waals surface area contributed by atoms with Crippen LogP contribution in [0, 0.1) is 5.41 Å². The van der Waals surface area contributed by atoms with E-state index in [4.69, 9.17) is 4.74 Å². The first kappa shape index (κ1) is 10.9. The fourth-order valence-electron chi connectivity index (χ4n) is 2.64. The fourth-order valence-corrected chi connectivity index (χ4v) is 2.64. The summed E-state index contributed by atoms with van der Waals surface area (Å²) in [6, 6.07) is 0. The zero-order valence-electron chi connectivity index (χ0n) is 10.1. The zero-order chi connectivity index (χ0) is 11.3. The van der Waals surface area contributed by atoms with Crippen LogP contribution >= 0.6 is 0 Å². The van der Waals surface area contributed by atoms with Gasteiger partial charge in [-0.15, -0.1) is 0 Å². The lowest BCUT2D eigenvalue weighted by Crippen LogP contribution is -2.79. The quantitative estimate of drug-likeness (QED) is 0.609. The maximum atomic E-state index is 11.9. The highest BCUT2D eigenvalue weighted by Gasteiger charge is 2.61. The molecule has 2 fully saturated rings. The van der Waals surface area contributed by atoms with Crippen LogP contribution in [0.3, 0.4) is 0 Å². The average molecular weight is 213 g/mol. The number of ether oxygens (including phenoxy) is 1. The van der Waals surface area contributed by atoms with Crippen LogP contribution in [0.25, 0.3) is 0 Å². The van der Waals surface area contributed by atoms with Crippen molar-refractivity contribution in [2.45, 2.75) is 26.4 Å². The number of quaternary nitrogens is 1. The highest BCUT2D eigenvalue weighted by molar-refractivity contribution is 5.61. The van der Waals surface area contributed by atoms with Crippen LogP contribution in [0.15, 0.2) is 0 Å². The van der Waals surface area contributed by atoms with E-state index in [2.05, 4.69) is 5.32 Å². The molecule has 0 unspecified atom stereocenters. The number of hydrogen-bond donors (Lipinski definition) is 1. The second-order valence-electron chi connectivity index (χ2n) is 6.30. The summed E-state index contributed by atoms with van der Waals surface area (Å²) in [5.74, 6) is 0. The predicted molar refractivity (Wildman–Crippen MR) is 57.5 cm³/mol. The highest BCUT2D eigenvalue weighted by atomic mass is 16.6. The van der Waals surface area contributed by atoms with Gasteiger partial charge in [0.15, 0.2) is 0 Å². The van der Waals surface area contributed by atoms with Crippen molar-refractivity contribution in [1.29, 1.82) is 0 Å². The van der Waals surface area contributed by atoms with Gasteiger partial charge < -0.3 is 10.1 Å². The van der Waals surface area contributed by atoms with Crippen LogP contribution in [0.1, 0.15) is 20.8 Å². The molecule has 0 bridgehead atoms. The molecule has 86 valence electrons. The van der Waals surface area contributed by atoms with Gasteiger partial charge in [-0.2, -0.15) is 4.79 Å². The van der Waals surface area contributed by atoms with Crippen molar-refractivity contribution in [2.24, 2.45) is 5.41 Å². The van der Waals surface area contributed by atoms with Gasteiger partial charge in [0.25, 0.3) is 0 Å². The van der Waals surface area contributed by atoms with Gasteiger partial charge in [0.05, 0.1) is 12.5 Å². The van der Waals surface area contributed by atoms with Crippen molar-refractivity contribution in [1.82, 2.24) is 5.32 Å². The Hall–Kier alpha value is -0.610. The first-order valence-corrected chi connectivity index (χ1v) is 5.54. The Labute approximate surface area is 91.2 Å². The van der Waals surface area contributed by atoms with Crippen LogP contribution in [0.5, 0.6) is 0 Å². The van der Waals surface area contributed by atoms with Crippen molar-refractivity contribution in [3.63, 3.8) is 0 Å². The van der Waals surface area contributed by atoms with E-state index in [1.54, 1.807) is 0 Å². The van der Waals surface area contributed by atoms with Crippen LogP contribution in [0.4, 0.5) is 4.79 Å². The minimum Gasteiger partial charge on any atom is -0.414 e. The van der Waals surface area contributed by atoms with E-state index in [-0.39, 0.29) is 11.7 Å². The SMILES string of the molecule is CC(C)(C)OC(=O)[N+]1(C)CC2(CNC2)C1. The summed E-state index contributed by atoms with van der Waals surface area (Å²) in [6.45, 7) is 9.71. The first-order chi connectivity index (χ1) is 6.75. The first-order valence-electron chi connectivity index (χ1n) is 5.54. The maximum Gasteiger partial charge on any atom is 0.516 e. The smallest absolute Gasteiger partial charge is 0.414 e. The van der Waals surface area contributed by atoms with E-state index >= 15 is 0 Å². The maximum absolute atomic E-state index is 11.9. The number of likely N-dealkylation sites (tertiary alicyclic amines) is 1. The van der Waals surface area contributed by atoms with Gasteiger partial charge in [0.2, 0.25) is 0 Å². The molecule has 0 radical (unpaired) electrons. The highest BCUT2D eigenvalue weighted by Crippen LogP contribution is 2.39. The van der Waals surface area contributed by atoms with Crippen molar-refractivity contribution < 1.29 is 14.0 Å². The minimum absolute atomic E-state index is 0.0833. The molecule has 15 heavy (non-hydrogen) atoms. The van der Waals surface area contributed by atoms with Crippen molar-refractivity contribution in [3.05, 3.63) is 0 Å². The van der Waals surface area contributed by atoms with Gasteiger partial charge in [-0.25, -0.2) is 4.48 Å². The van der Waals surface area contributed by atoms with E-state index in [1.165, 1.54) is 0 Å². The minimum atomic E-state index is -0.376. The fraction of sp³-hybridized carbons (Fsp3) is 0.909. The molecule has 1 amide bonds. The molecule has 2 saturated heterocycles. The van der Waals surface area contributed by atoms with E-state index in [1.807, 2.05) is 27.8 Å². The molecule has 2 rings (SSSR count). The second kappa shape index (κ2) is 2.95. The van der Waals surface area contributed by atoms with Crippen LogP contribution < -0.4 is 5.32 Å². The van der Waals surface area contributed by atoms with Crippen LogP contribution in [0.2, 0.25) is 0 Å². The van der Waals surface area contributed by atoms with Gasteiger partial charge in [-0.05, 0) is 20.8 Å². The van der Waals surface area contributed by atoms with Crippen LogP contribution in [-0.4, -0.2) is 49.4 Å². The molecule has 0 aromatic heterocycles. The molecule has 0 saturated carbocycles. The molecule has 1 N–H and O–H groups in total. The molecular weight excluding hydrogens is 192 g/mol. The summed E-state index contributed by atoms with van der Waals surface area (Å²) >= 11 is 0. The van der Waals surface area contributed by atoms with E-state index < -0.39 is 0 Å². The summed E-state index contributed by atoms with van der Waals surface area (Å²) in [6.07, 6.45) is -0.0833. The number of nitrogens with one attached hydrogen (secondary N) is 1. The Morgan fingerprint density at radius 2 is 1.87 bits per heavy atom. The van der Waals surface area contributed by atoms with Gasteiger partial charge in [-0.3, -0.25) is 0 Å². The lowest BCUT2D eigenvalue weighted by molar-refractivity contribution is -0.903. The zero-order valence-corrected chi connectivity index (χ0v) is 10.1. The topological polar surface area (TPSA) is 38.3 Å². The van der Waals surface area contributed by atoms with Gasteiger partial charge in [-0.1, -0.05) is 0 Å². The predicted octanol–water partition coefficient (Wildman–Crippen LogP) is 0.971. The largest absolute Gasteiger partial charge is 0.516 e. The molecule has 0 aliphatic carbocycles. The van der Waals surface area contributed by atoms with Crippen molar-refractivity contribution >= 4 is 6.09 Å². The van der Waals surface area contributed by atoms with E-state index in [0.717, 1.165) is 26.2 Å². The number of rotatable bonds is 0. The van der Waals surface area contributed by atoms with Crippen molar-refractivity contribution in [3.8, 4) is 0 Å². The molecule has 2 aliphatic rings. The number of carbonyl (C=O) groups is 1. The third-order valence-electron chi connectivity index (χ3n) is 3.20. The Morgan fingerprint density at radius 3 is 2.20 bits per heavy atom. The Balaban J connectivity index is 1.92. The lowest BCUT2D eigenvalue weighted by atomic mass is 9.73. The van der Waals surface area contributed by atoms with Crippen molar-refractivity contribution in [2.75, 3.05) is 33.2 Å². The third kappa shape index (κ3) is 1.88. The van der Waals surface area contributed by atoms with Gasteiger partial charge >= 0.3 is 6.09 Å². The van der Waals surface area contributed by atoms with Gasteiger partial charge in [0.1, 0.15) is 18.7 Å². The third-order valence-corrected chi connectivity index (χ3v) is 3.20. The molecule has 4 heteroatoms. The number of carbonyl (C=O) groups excluding carboxylic acids is 1. The molecule has 1 spiro atoms. The molecule has 4 nitrogen and oxygen atoms in total. The molecule has 0 aromatic rings. The summed E-state index contributed by atoms with van der Waals surface area (Å²) in [5.41, 5.74) is 0.0185. The van der Waals surface area contributed by atoms with E-state index in [9.17, 15) is 4.79 Å². The standard InChI is InChI=1S/C11H21N2O2/c1-10(2,3)15-9(14)13(4)7-11(8-13)5-12-6-11/h12H,5-8H2,1-4H3/q+1. The Morgan fingerprint density at radius 1 is 1.33 bits per heavy atom. The summed E-state index contributed by atoms with van der Waals surface area (Å²) in [4.78, 5) is 11.9. The monoisotopic (exact) mass is 213 g/mol. The molecule has 2 heterocycles. The average Bonchev–Trinajstić information content (AvgIpc) is 1.91. The van der Waals surface area contributed by atoms with Gasteiger partial charge in [0, 0.05) is 13.1 Å². The van der Waals surface area contributed by atoms with Crippen LogP contribution in [-0.2, 0) is 4.74 Å². The second-order valence-corrected chi connectivity index (χ2v) is 6.30. The van der Waals surface area contributed by atoms with E-state index in [0.29, 0.717) is 9.90 Å². The number of nitrogens with zero attached hydrogens (tertiary/aromatic N) is 1. The summed E-state index contributed by atoms with van der Waals surface area (Å²) in [7, 11) is 1.97. The lowest BCUT2D eigenvalue weighted by Gasteiger charge is -2.57. The number of hydrogen-bond acceptors (Lipinski definition) is 3. The summed E-state index contributed by atoms with van der Waals surface area (Å²) < 4.78 is 5.86.